The molecule has 2 fully saturated rings. The van der Waals surface area contributed by atoms with Gasteiger partial charge < -0.3 is 14.7 Å². The summed E-state index contributed by atoms with van der Waals surface area (Å²) in [6.07, 6.45) is 2.04. The molecule has 1 saturated carbocycles. The van der Waals surface area contributed by atoms with Crippen molar-refractivity contribution in [3.63, 3.8) is 0 Å². The highest BCUT2D eigenvalue weighted by Gasteiger charge is 2.45. The number of hydrogen-bond donors (Lipinski definition) is 1. The highest BCUT2D eigenvalue weighted by Crippen LogP contribution is 2.37. The Balaban J connectivity index is 2.15. The summed E-state index contributed by atoms with van der Waals surface area (Å²) in [5, 5.41) is 9.88. The molecule has 1 aliphatic carbocycles. The molecule has 0 aromatic rings. The maximum Gasteiger partial charge on any atom is 0.410 e. The Bertz CT molecular complexity index is 327. The molecule has 3 atom stereocenters. The Kier molecular flexibility index (Phi) is 3.58. The fourth-order valence-electron chi connectivity index (χ4n) is 3.34. The fraction of sp³-hybridized carbons (Fsp3) is 0.929. The Hall–Kier alpha value is -0.770. The van der Waals surface area contributed by atoms with Crippen LogP contribution in [-0.4, -0.2) is 40.4 Å². The van der Waals surface area contributed by atoms with Gasteiger partial charge in [-0.05, 0) is 44.9 Å². The summed E-state index contributed by atoms with van der Waals surface area (Å²) in [4.78, 5) is 13.8. The summed E-state index contributed by atoms with van der Waals surface area (Å²) in [7, 11) is 0. The van der Waals surface area contributed by atoms with Crippen molar-refractivity contribution in [2.45, 2.75) is 64.7 Å². The zero-order valence-corrected chi connectivity index (χ0v) is 11.8. The van der Waals surface area contributed by atoms with Gasteiger partial charge in [0.15, 0.2) is 0 Å². The quantitative estimate of drug-likeness (QED) is 0.824. The van der Waals surface area contributed by atoms with E-state index in [0.717, 1.165) is 12.8 Å². The second-order valence-electron chi connectivity index (χ2n) is 6.70. The lowest BCUT2D eigenvalue weighted by molar-refractivity contribution is 0.0307. The van der Waals surface area contributed by atoms with E-state index in [1.807, 2.05) is 18.7 Å². The SMILES string of the molecule is CC(C)C1CCC(O)CC1N1CC(C)(C)OC1=O. The van der Waals surface area contributed by atoms with Gasteiger partial charge in [-0.2, -0.15) is 0 Å². The Morgan fingerprint density at radius 2 is 2.06 bits per heavy atom. The van der Waals surface area contributed by atoms with Crippen molar-refractivity contribution < 1.29 is 14.6 Å². The van der Waals surface area contributed by atoms with Gasteiger partial charge in [0.1, 0.15) is 5.60 Å². The number of carbonyl (C=O) groups is 1. The van der Waals surface area contributed by atoms with Crippen LogP contribution in [0.1, 0.15) is 47.0 Å². The third kappa shape index (κ3) is 2.63. The molecule has 4 heteroatoms. The molecule has 1 saturated heterocycles. The average molecular weight is 255 g/mol. The Labute approximate surface area is 109 Å². The van der Waals surface area contributed by atoms with E-state index >= 15 is 0 Å². The Morgan fingerprint density at radius 3 is 2.56 bits per heavy atom. The zero-order valence-electron chi connectivity index (χ0n) is 11.8. The summed E-state index contributed by atoms with van der Waals surface area (Å²) in [5.74, 6) is 0.994. The van der Waals surface area contributed by atoms with E-state index in [1.165, 1.54) is 0 Å². The van der Waals surface area contributed by atoms with Gasteiger partial charge >= 0.3 is 6.09 Å². The van der Waals surface area contributed by atoms with Crippen molar-refractivity contribution >= 4 is 6.09 Å². The number of ether oxygens (including phenoxy) is 1. The third-order valence-corrected chi connectivity index (χ3v) is 4.25. The predicted molar refractivity (Wildman–Crippen MR) is 69.2 cm³/mol. The molecule has 1 aliphatic heterocycles. The van der Waals surface area contributed by atoms with Crippen LogP contribution in [0.2, 0.25) is 0 Å². The van der Waals surface area contributed by atoms with Crippen LogP contribution in [0.4, 0.5) is 4.79 Å². The molecule has 18 heavy (non-hydrogen) atoms. The molecule has 2 rings (SSSR count). The normalized spacial score (nSPS) is 36.0. The van der Waals surface area contributed by atoms with Gasteiger partial charge in [0, 0.05) is 6.04 Å². The lowest BCUT2D eigenvalue weighted by atomic mass is 9.76. The molecular weight excluding hydrogens is 230 g/mol. The number of amides is 1. The fourth-order valence-corrected chi connectivity index (χ4v) is 3.34. The highest BCUT2D eigenvalue weighted by atomic mass is 16.6. The van der Waals surface area contributed by atoms with Crippen LogP contribution in [0.25, 0.3) is 0 Å². The first-order valence-corrected chi connectivity index (χ1v) is 6.98. The molecule has 2 aliphatic rings. The monoisotopic (exact) mass is 255 g/mol. The van der Waals surface area contributed by atoms with Crippen molar-refractivity contribution in [3.05, 3.63) is 0 Å². The molecule has 0 aromatic heterocycles. The van der Waals surface area contributed by atoms with Gasteiger partial charge in [-0.15, -0.1) is 0 Å². The first-order chi connectivity index (χ1) is 8.30. The molecule has 1 amide bonds. The van der Waals surface area contributed by atoms with Gasteiger partial charge in [0.25, 0.3) is 0 Å². The van der Waals surface area contributed by atoms with Gasteiger partial charge in [0.05, 0.1) is 12.6 Å². The maximum atomic E-state index is 12.0. The van der Waals surface area contributed by atoms with Gasteiger partial charge in [-0.25, -0.2) is 4.79 Å². The summed E-state index contributed by atoms with van der Waals surface area (Å²) in [6.45, 7) is 8.90. The highest BCUT2D eigenvalue weighted by molar-refractivity contribution is 5.71. The minimum absolute atomic E-state index is 0.128. The van der Waals surface area contributed by atoms with Crippen molar-refractivity contribution in [2.24, 2.45) is 11.8 Å². The van der Waals surface area contributed by atoms with E-state index in [4.69, 9.17) is 4.74 Å². The lowest BCUT2D eigenvalue weighted by Gasteiger charge is -2.40. The summed E-state index contributed by atoms with van der Waals surface area (Å²) in [5.41, 5.74) is -0.402. The van der Waals surface area contributed by atoms with E-state index in [-0.39, 0.29) is 18.2 Å². The average Bonchev–Trinajstić information content (AvgIpc) is 2.51. The first kappa shape index (κ1) is 13.7. The topological polar surface area (TPSA) is 49.8 Å². The van der Waals surface area contributed by atoms with E-state index in [2.05, 4.69) is 13.8 Å². The molecule has 0 radical (unpaired) electrons. The van der Waals surface area contributed by atoms with Crippen LogP contribution in [0, 0.1) is 11.8 Å². The molecule has 0 bridgehead atoms. The van der Waals surface area contributed by atoms with Crippen LogP contribution in [0.3, 0.4) is 0 Å². The van der Waals surface area contributed by atoms with Crippen molar-refractivity contribution in [1.82, 2.24) is 4.90 Å². The number of aliphatic hydroxyl groups is 1. The molecule has 104 valence electrons. The van der Waals surface area contributed by atoms with Crippen LogP contribution in [-0.2, 0) is 4.74 Å². The number of carbonyl (C=O) groups excluding carboxylic acids is 1. The van der Waals surface area contributed by atoms with Crippen molar-refractivity contribution in [2.75, 3.05) is 6.54 Å². The van der Waals surface area contributed by atoms with E-state index in [0.29, 0.717) is 24.8 Å². The van der Waals surface area contributed by atoms with E-state index in [1.54, 1.807) is 0 Å². The number of rotatable bonds is 2. The molecule has 0 spiro atoms. The first-order valence-electron chi connectivity index (χ1n) is 6.98. The molecular formula is C14H25NO3. The van der Waals surface area contributed by atoms with Crippen LogP contribution in [0.5, 0.6) is 0 Å². The Morgan fingerprint density at radius 1 is 1.39 bits per heavy atom. The summed E-state index contributed by atoms with van der Waals surface area (Å²) < 4.78 is 5.38. The number of hydrogen-bond acceptors (Lipinski definition) is 3. The van der Waals surface area contributed by atoms with Crippen molar-refractivity contribution in [1.29, 1.82) is 0 Å². The van der Waals surface area contributed by atoms with Crippen LogP contribution < -0.4 is 0 Å². The maximum absolute atomic E-state index is 12.0. The minimum atomic E-state index is -0.402. The van der Waals surface area contributed by atoms with Gasteiger partial charge in [0.2, 0.25) is 0 Å². The molecule has 4 nitrogen and oxygen atoms in total. The lowest BCUT2D eigenvalue weighted by Crippen LogP contribution is -2.48. The zero-order chi connectivity index (χ0) is 13.5. The van der Waals surface area contributed by atoms with Crippen molar-refractivity contribution in [3.8, 4) is 0 Å². The summed E-state index contributed by atoms with van der Waals surface area (Å²) in [6, 6.07) is 0.128. The van der Waals surface area contributed by atoms with Crippen LogP contribution >= 0.6 is 0 Å². The minimum Gasteiger partial charge on any atom is -0.441 e. The number of aliphatic hydroxyl groups excluding tert-OH is 1. The van der Waals surface area contributed by atoms with Gasteiger partial charge in [-0.1, -0.05) is 13.8 Å². The smallest absolute Gasteiger partial charge is 0.410 e. The number of nitrogens with zero attached hydrogens (tertiary/aromatic N) is 1. The largest absolute Gasteiger partial charge is 0.441 e. The van der Waals surface area contributed by atoms with E-state index < -0.39 is 5.60 Å². The van der Waals surface area contributed by atoms with Gasteiger partial charge in [-0.3, -0.25) is 0 Å². The van der Waals surface area contributed by atoms with E-state index in [9.17, 15) is 9.90 Å². The van der Waals surface area contributed by atoms with Crippen LogP contribution in [0.15, 0.2) is 0 Å². The second kappa shape index (κ2) is 4.72. The summed E-state index contributed by atoms with van der Waals surface area (Å²) >= 11 is 0. The molecule has 3 unspecified atom stereocenters. The molecule has 0 aromatic carbocycles. The predicted octanol–water partition coefficient (Wildman–Crippen LogP) is 2.40. The number of cyclic esters (lactones) is 1. The molecule has 1 N–H and O–H groups in total. The standard InChI is InChI=1S/C14H25NO3/c1-9(2)11-6-5-10(16)7-12(11)15-8-14(3,4)18-13(15)17/h9-12,16H,5-8H2,1-4H3. The second-order valence-corrected chi connectivity index (χ2v) is 6.70. The molecule has 1 heterocycles. The third-order valence-electron chi connectivity index (χ3n) is 4.25.